The Bertz CT molecular complexity index is 359. The Morgan fingerprint density at radius 1 is 0.905 bits per heavy atom. The van der Waals surface area contributed by atoms with Crippen molar-refractivity contribution in [3.05, 3.63) is 0 Å². The van der Waals surface area contributed by atoms with Crippen LogP contribution in [0.1, 0.15) is 20.3 Å². The molecule has 21 heavy (non-hydrogen) atoms. The Hall–Kier alpha value is -1.14. The van der Waals surface area contributed by atoms with Crippen LogP contribution in [0.2, 0.25) is 0 Å². The minimum absolute atomic E-state index is 0.347. The van der Waals surface area contributed by atoms with Gasteiger partial charge in [0.05, 0.1) is 13.2 Å². The molecule has 0 aromatic rings. The lowest BCUT2D eigenvalue weighted by Gasteiger charge is -2.36. The number of ether oxygens (including phenoxy) is 1. The van der Waals surface area contributed by atoms with Crippen LogP contribution in [0.4, 0.5) is 0 Å². The van der Waals surface area contributed by atoms with E-state index >= 15 is 0 Å². The topological polar surface area (TPSA) is 53.1 Å². The molecule has 120 valence electrons. The quantitative estimate of drug-likeness (QED) is 0.690. The van der Waals surface area contributed by atoms with Crippen LogP contribution in [-0.2, 0) is 14.3 Å². The number of amides is 2. The minimum Gasteiger partial charge on any atom is -0.378 e. The van der Waals surface area contributed by atoms with E-state index in [1.54, 1.807) is 9.80 Å². The van der Waals surface area contributed by atoms with E-state index < -0.39 is 0 Å². The van der Waals surface area contributed by atoms with Crippen molar-refractivity contribution in [2.24, 2.45) is 5.92 Å². The van der Waals surface area contributed by atoms with Crippen LogP contribution in [0, 0.1) is 5.92 Å². The van der Waals surface area contributed by atoms with E-state index in [0.717, 1.165) is 19.6 Å². The Morgan fingerprint density at radius 2 is 1.43 bits per heavy atom. The fourth-order valence-electron chi connectivity index (χ4n) is 2.65. The maximum Gasteiger partial charge on any atom is 0.312 e. The van der Waals surface area contributed by atoms with Crippen molar-refractivity contribution >= 4 is 11.8 Å². The van der Waals surface area contributed by atoms with Gasteiger partial charge in [0.2, 0.25) is 0 Å². The van der Waals surface area contributed by atoms with Gasteiger partial charge < -0.3 is 14.5 Å². The highest BCUT2D eigenvalue weighted by Crippen LogP contribution is 2.08. The lowest BCUT2D eigenvalue weighted by molar-refractivity contribution is -0.155. The van der Waals surface area contributed by atoms with Crippen LogP contribution >= 0.6 is 0 Å². The largest absolute Gasteiger partial charge is 0.378 e. The molecular formula is C15H27N3O3. The summed E-state index contributed by atoms with van der Waals surface area (Å²) >= 11 is 0. The molecule has 0 saturated carbocycles. The molecule has 2 fully saturated rings. The van der Waals surface area contributed by atoms with Crippen molar-refractivity contribution in [2.45, 2.75) is 20.3 Å². The zero-order chi connectivity index (χ0) is 15.2. The Balaban J connectivity index is 1.75. The molecule has 2 amide bonds. The molecule has 0 aliphatic carbocycles. The first-order chi connectivity index (χ1) is 10.1. The third kappa shape index (κ3) is 4.68. The number of nitrogens with zero attached hydrogens (tertiary/aromatic N) is 3. The second-order valence-electron chi connectivity index (χ2n) is 6.22. The van der Waals surface area contributed by atoms with Crippen molar-refractivity contribution in [3.8, 4) is 0 Å². The minimum atomic E-state index is -0.367. The smallest absolute Gasteiger partial charge is 0.312 e. The van der Waals surface area contributed by atoms with Crippen molar-refractivity contribution in [2.75, 3.05) is 59.0 Å². The van der Waals surface area contributed by atoms with Crippen LogP contribution < -0.4 is 0 Å². The molecule has 0 aromatic carbocycles. The highest BCUT2D eigenvalue weighted by atomic mass is 16.5. The molecule has 2 saturated heterocycles. The molecule has 0 unspecified atom stereocenters. The monoisotopic (exact) mass is 297 g/mol. The SMILES string of the molecule is CC(C)CCN1CCN(C(=O)C(=O)N2CCOCC2)CC1. The number of hydrogen-bond donors (Lipinski definition) is 0. The maximum absolute atomic E-state index is 12.2. The van der Waals surface area contributed by atoms with E-state index in [2.05, 4.69) is 18.7 Å². The van der Waals surface area contributed by atoms with Gasteiger partial charge in [0.15, 0.2) is 0 Å². The molecule has 2 heterocycles. The molecule has 6 heteroatoms. The zero-order valence-corrected chi connectivity index (χ0v) is 13.2. The van der Waals surface area contributed by atoms with E-state index in [-0.39, 0.29) is 11.8 Å². The van der Waals surface area contributed by atoms with Gasteiger partial charge in [-0.3, -0.25) is 14.5 Å². The van der Waals surface area contributed by atoms with Gasteiger partial charge in [0.25, 0.3) is 0 Å². The first kappa shape index (κ1) is 16.2. The summed E-state index contributed by atoms with van der Waals surface area (Å²) in [6.07, 6.45) is 1.18. The first-order valence-electron chi connectivity index (χ1n) is 7.96. The number of carbonyl (C=O) groups excluding carboxylic acids is 2. The van der Waals surface area contributed by atoms with Crippen LogP contribution in [0.25, 0.3) is 0 Å². The Labute approximate surface area is 127 Å². The average Bonchev–Trinajstić information content (AvgIpc) is 2.53. The van der Waals surface area contributed by atoms with Gasteiger partial charge >= 0.3 is 11.8 Å². The lowest BCUT2D eigenvalue weighted by Crippen LogP contribution is -2.54. The van der Waals surface area contributed by atoms with Gasteiger partial charge in [-0.25, -0.2) is 0 Å². The predicted molar refractivity (Wildman–Crippen MR) is 79.9 cm³/mol. The second kappa shape index (κ2) is 7.75. The van der Waals surface area contributed by atoms with E-state index in [9.17, 15) is 9.59 Å². The lowest BCUT2D eigenvalue weighted by atomic mass is 10.1. The first-order valence-corrected chi connectivity index (χ1v) is 7.96. The predicted octanol–water partition coefficient (Wildman–Crippen LogP) is 0.0355. The summed E-state index contributed by atoms with van der Waals surface area (Å²) in [5.41, 5.74) is 0. The summed E-state index contributed by atoms with van der Waals surface area (Å²) in [6, 6.07) is 0. The molecule has 0 N–H and O–H groups in total. The normalized spacial score (nSPS) is 20.9. The van der Waals surface area contributed by atoms with Gasteiger partial charge in [-0.1, -0.05) is 13.8 Å². The number of morpholine rings is 1. The molecule has 6 nitrogen and oxygen atoms in total. The van der Waals surface area contributed by atoms with Crippen molar-refractivity contribution in [3.63, 3.8) is 0 Å². The number of carbonyl (C=O) groups is 2. The van der Waals surface area contributed by atoms with E-state index in [1.165, 1.54) is 6.42 Å². The fraction of sp³-hybridized carbons (Fsp3) is 0.867. The molecule has 0 aromatic heterocycles. The van der Waals surface area contributed by atoms with Gasteiger partial charge in [-0.05, 0) is 18.9 Å². The van der Waals surface area contributed by atoms with Crippen LogP contribution in [-0.4, -0.2) is 85.5 Å². The van der Waals surface area contributed by atoms with E-state index in [4.69, 9.17) is 4.74 Å². The average molecular weight is 297 g/mol. The third-order valence-corrected chi connectivity index (χ3v) is 4.16. The summed E-state index contributed by atoms with van der Waals surface area (Å²) in [4.78, 5) is 30.1. The molecule has 2 aliphatic rings. The van der Waals surface area contributed by atoms with Crippen LogP contribution in [0.5, 0.6) is 0 Å². The standard InChI is InChI=1S/C15H27N3O3/c1-13(2)3-4-16-5-7-17(8-6-16)14(19)15(20)18-9-11-21-12-10-18/h13H,3-12H2,1-2H3. The molecule has 0 atom stereocenters. The maximum atomic E-state index is 12.2. The Morgan fingerprint density at radius 3 is 1.95 bits per heavy atom. The highest BCUT2D eigenvalue weighted by Gasteiger charge is 2.30. The molecule has 0 radical (unpaired) electrons. The van der Waals surface area contributed by atoms with Gasteiger partial charge in [0, 0.05) is 39.3 Å². The number of rotatable bonds is 3. The highest BCUT2D eigenvalue weighted by molar-refractivity contribution is 6.34. The molecule has 0 spiro atoms. The van der Waals surface area contributed by atoms with Crippen molar-refractivity contribution in [1.29, 1.82) is 0 Å². The van der Waals surface area contributed by atoms with Crippen molar-refractivity contribution < 1.29 is 14.3 Å². The second-order valence-corrected chi connectivity index (χ2v) is 6.22. The summed E-state index contributed by atoms with van der Waals surface area (Å²) in [5.74, 6) is -0.0121. The summed E-state index contributed by atoms with van der Waals surface area (Å²) < 4.78 is 5.21. The van der Waals surface area contributed by atoms with Gasteiger partial charge in [-0.2, -0.15) is 0 Å². The fourth-order valence-corrected chi connectivity index (χ4v) is 2.65. The molecular weight excluding hydrogens is 270 g/mol. The summed E-state index contributed by atoms with van der Waals surface area (Å²) in [6.45, 7) is 10.7. The van der Waals surface area contributed by atoms with Gasteiger partial charge in [0.1, 0.15) is 0 Å². The van der Waals surface area contributed by atoms with E-state index in [1.807, 2.05) is 0 Å². The van der Waals surface area contributed by atoms with Gasteiger partial charge in [-0.15, -0.1) is 0 Å². The van der Waals surface area contributed by atoms with E-state index in [0.29, 0.717) is 45.3 Å². The summed E-state index contributed by atoms with van der Waals surface area (Å²) in [5, 5.41) is 0. The number of piperazine rings is 1. The van der Waals surface area contributed by atoms with Crippen LogP contribution in [0.3, 0.4) is 0 Å². The summed E-state index contributed by atoms with van der Waals surface area (Å²) in [7, 11) is 0. The molecule has 2 rings (SSSR count). The van der Waals surface area contributed by atoms with Crippen molar-refractivity contribution in [1.82, 2.24) is 14.7 Å². The Kier molecular flexibility index (Phi) is 5.99. The molecule has 2 aliphatic heterocycles. The molecule has 0 bridgehead atoms. The third-order valence-electron chi connectivity index (χ3n) is 4.16. The van der Waals surface area contributed by atoms with Crippen LogP contribution in [0.15, 0.2) is 0 Å². The number of hydrogen-bond acceptors (Lipinski definition) is 4. The zero-order valence-electron chi connectivity index (χ0n) is 13.2.